The Kier molecular flexibility index (Phi) is 7.43. The van der Waals surface area contributed by atoms with Crippen LogP contribution in [-0.4, -0.2) is 37.0 Å². The first-order valence-electron chi connectivity index (χ1n) is 9.85. The molecule has 1 aliphatic heterocycles. The van der Waals surface area contributed by atoms with Gasteiger partial charge in [0, 0.05) is 13.2 Å². The SMILES string of the molecule is Cc1ccc(CNC(=O)CN2CCC(COCc3ccccc3)CC2)cc1. The molecule has 0 unspecified atom stereocenters. The molecule has 1 heterocycles. The summed E-state index contributed by atoms with van der Waals surface area (Å²) in [6.45, 7) is 6.59. The van der Waals surface area contributed by atoms with Crippen molar-refractivity contribution in [3.63, 3.8) is 0 Å². The van der Waals surface area contributed by atoms with Crippen molar-refractivity contribution in [1.82, 2.24) is 10.2 Å². The standard InChI is InChI=1S/C23H30N2O2/c1-19-7-9-20(10-8-19)15-24-23(26)16-25-13-11-22(12-14-25)18-27-17-21-5-3-2-4-6-21/h2-10,22H,11-18H2,1H3,(H,24,26). The smallest absolute Gasteiger partial charge is 0.234 e. The van der Waals surface area contributed by atoms with Gasteiger partial charge in [-0.05, 0) is 49.9 Å². The summed E-state index contributed by atoms with van der Waals surface area (Å²) in [5.41, 5.74) is 3.60. The first kappa shape index (κ1) is 19.6. The zero-order valence-electron chi connectivity index (χ0n) is 16.2. The number of rotatable bonds is 8. The molecule has 27 heavy (non-hydrogen) atoms. The predicted octanol–water partition coefficient (Wildman–Crippen LogP) is 3.54. The van der Waals surface area contributed by atoms with E-state index in [0.29, 0.717) is 25.6 Å². The van der Waals surface area contributed by atoms with Crippen LogP contribution < -0.4 is 5.32 Å². The topological polar surface area (TPSA) is 41.6 Å². The van der Waals surface area contributed by atoms with Crippen LogP contribution in [0.5, 0.6) is 0 Å². The van der Waals surface area contributed by atoms with Gasteiger partial charge < -0.3 is 10.1 Å². The van der Waals surface area contributed by atoms with E-state index in [2.05, 4.69) is 53.5 Å². The van der Waals surface area contributed by atoms with E-state index in [1.807, 2.05) is 18.2 Å². The summed E-state index contributed by atoms with van der Waals surface area (Å²) in [5, 5.41) is 3.02. The van der Waals surface area contributed by atoms with Gasteiger partial charge in [0.25, 0.3) is 0 Å². The quantitative estimate of drug-likeness (QED) is 0.777. The number of carbonyl (C=O) groups excluding carboxylic acids is 1. The number of carbonyl (C=O) groups is 1. The van der Waals surface area contributed by atoms with Crippen LogP contribution in [0.3, 0.4) is 0 Å². The van der Waals surface area contributed by atoms with Crippen LogP contribution in [0.2, 0.25) is 0 Å². The number of ether oxygens (including phenoxy) is 1. The van der Waals surface area contributed by atoms with Gasteiger partial charge in [0.1, 0.15) is 0 Å². The third-order valence-electron chi connectivity index (χ3n) is 5.15. The molecule has 0 bridgehead atoms. The van der Waals surface area contributed by atoms with Crippen molar-refractivity contribution < 1.29 is 9.53 Å². The molecule has 144 valence electrons. The second kappa shape index (κ2) is 10.2. The summed E-state index contributed by atoms with van der Waals surface area (Å²) >= 11 is 0. The first-order valence-corrected chi connectivity index (χ1v) is 9.85. The Morgan fingerprint density at radius 2 is 1.74 bits per heavy atom. The largest absolute Gasteiger partial charge is 0.376 e. The van der Waals surface area contributed by atoms with Crippen LogP contribution in [0, 0.1) is 12.8 Å². The number of nitrogens with one attached hydrogen (secondary N) is 1. The van der Waals surface area contributed by atoms with Crippen LogP contribution in [0.25, 0.3) is 0 Å². The Morgan fingerprint density at radius 1 is 1.04 bits per heavy atom. The number of hydrogen-bond acceptors (Lipinski definition) is 3. The van der Waals surface area contributed by atoms with Crippen LogP contribution in [-0.2, 0) is 22.7 Å². The summed E-state index contributed by atoms with van der Waals surface area (Å²) < 4.78 is 5.87. The molecule has 1 amide bonds. The number of likely N-dealkylation sites (tertiary alicyclic amines) is 1. The molecule has 0 atom stereocenters. The van der Waals surface area contributed by atoms with Crippen LogP contribution in [0.4, 0.5) is 0 Å². The zero-order chi connectivity index (χ0) is 18.9. The molecule has 4 nitrogen and oxygen atoms in total. The van der Waals surface area contributed by atoms with Gasteiger partial charge in [-0.3, -0.25) is 9.69 Å². The van der Waals surface area contributed by atoms with Crippen molar-refractivity contribution >= 4 is 5.91 Å². The molecule has 2 aromatic carbocycles. The van der Waals surface area contributed by atoms with Crippen molar-refractivity contribution in [1.29, 1.82) is 0 Å². The number of piperidine rings is 1. The molecule has 1 aliphatic rings. The van der Waals surface area contributed by atoms with Crippen molar-refractivity contribution in [2.75, 3.05) is 26.2 Å². The second-order valence-corrected chi connectivity index (χ2v) is 7.48. The lowest BCUT2D eigenvalue weighted by atomic mass is 9.98. The minimum atomic E-state index is 0.106. The third-order valence-corrected chi connectivity index (χ3v) is 5.15. The monoisotopic (exact) mass is 366 g/mol. The molecule has 0 radical (unpaired) electrons. The maximum Gasteiger partial charge on any atom is 0.234 e. The van der Waals surface area contributed by atoms with E-state index in [1.165, 1.54) is 11.1 Å². The lowest BCUT2D eigenvalue weighted by Gasteiger charge is -2.31. The van der Waals surface area contributed by atoms with Crippen LogP contribution in [0.1, 0.15) is 29.5 Å². The Labute approximate surface area is 162 Å². The van der Waals surface area contributed by atoms with Crippen LogP contribution in [0.15, 0.2) is 54.6 Å². The number of amides is 1. The molecule has 1 fully saturated rings. The molecule has 0 spiro atoms. The Morgan fingerprint density at radius 3 is 2.44 bits per heavy atom. The summed E-state index contributed by atoms with van der Waals surface area (Å²) in [4.78, 5) is 14.4. The average molecular weight is 367 g/mol. The number of nitrogens with zero attached hydrogens (tertiary/aromatic N) is 1. The van der Waals surface area contributed by atoms with E-state index in [0.717, 1.165) is 38.1 Å². The second-order valence-electron chi connectivity index (χ2n) is 7.48. The van der Waals surface area contributed by atoms with Gasteiger partial charge in [-0.2, -0.15) is 0 Å². The molecule has 3 rings (SSSR count). The maximum atomic E-state index is 12.2. The van der Waals surface area contributed by atoms with E-state index in [4.69, 9.17) is 4.74 Å². The van der Waals surface area contributed by atoms with Crippen molar-refractivity contribution in [2.45, 2.75) is 32.9 Å². The fraction of sp³-hybridized carbons (Fsp3) is 0.435. The summed E-state index contributed by atoms with van der Waals surface area (Å²) in [6, 6.07) is 18.6. The minimum absolute atomic E-state index is 0.106. The van der Waals surface area contributed by atoms with Gasteiger partial charge in [-0.1, -0.05) is 60.2 Å². The van der Waals surface area contributed by atoms with E-state index in [9.17, 15) is 4.79 Å². The van der Waals surface area contributed by atoms with Gasteiger partial charge in [0.2, 0.25) is 5.91 Å². The number of hydrogen-bond donors (Lipinski definition) is 1. The normalized spacial score (nSPS) is 15.6. The van der Waals surface area contributed by atoms with Crippen molar-refractivity contribution in [2.24, 2.45) is 5.92 Å². The van der Waals surface area contributed by atoms with E-state index < -0.39 is 0 Å². The van der Waals surface area contributed by atoms with E-state index >= 15 is 0 Å². The molecular formula is C23H30N2O2. The van der Waals surface area contributed by atoms with Gasteiger partial charge in [0.05, 0.1) is 13.2 Å². The molecule has 1 N–H and O–H groups in total. The highest BCUT2D eigenvalue weighted by atomic mass is 16.5. The molecule has 1 saturated heterocycles. The molecule has 0 saturated carbocycles. The van der Waals surface area contributed by atoms with Crippen molar-refractivity contribution in [3.05, 3.63) is 71.3 Å². The van der Waals surface area contributed by atoms with Gasteiger partial charge in [-0.15, -0.1) is 0 Å². The number of benzene rings is 2. The fourth-order valence-electron chi connectivity index (χ4n) is 3.39. The zero-order valence-corrected chi connectivity index (χ0v) is 16.2. The molecular weight excluding hydrogens is 336 g/mol. The lowest BCUT2D eigenvalue weighted by molar-refractivity contribution is -0.122. The van der Waals surface area contributed by atoms with E-state index in [1.54, 1.807) is 0 Å². The molecule has 4 heteroatoms. The van der Waals surface area contributed by atoms with Gasteiger partial charge in [-0.25, -0.2) is 0 Å². The Hall–Kier alpha value is -2.17. The Bertz CT molecular complexity index is 692. The summed E-state index contributed by atoms with van der Waals surface area (Å²) in [6.07, 6.45) is 2.19. The van der Waals surface area contributed by atoms with Gasteiger partial charge in [0.15, 0.2) is 0 Å². The first-order chi connectivity index (χ1) is 13.2. The fourth-order valence-corrected chi connectivity index (χ4v) is 3.39. The maximum absolute atomic E-state index is 12.2. The summed E-state index contributed by atoms with van der Waals surface area (Å²) in [7, 11) is 0. The molecule has 0 aliphatic carbocycles. The third kappa shape index (κ3) is 6.81. The minimum Gasteiger partial charge on any atom is -0.376 e. The van der Waals surface area contributed by atoms with Crippen molar-refractivity contribution in [3.8, 4) is 0 Å². The highest BCUT2D eigenvalue weighted by molar-refractivity contribution is 5.78. The van der Waals surface area contributed by atoms with Crippen LogP contribution >= 0.6 is 0 Å². The van der Waals surface area contributed by atoms with E-state index in [-0.39, 0.29) is 5.91 Å². The average Bonchev–Trinajstić information content (AvgIpc) is 2.70. The number of aryl methyl sites for hydroxylation is 1. The highest BCUT2D eigenvalue weighted by Gasteiger charge is 2.20. The Balaban J connectivity index is 1.29. The lowest BCUT2D eigenvalue weighted by Crippen LogP contribution is -2.42. The highest BCUT2D eigenvalue weighted by Crippen LogP contribution is 2.18. The summed E-state index contributed by atoms with van der Waals surface area (Å²) in [5.74, 6) is 0.704. The van der Waals surface area contributed by atoms with Gasteiger partial charge >= 0.3 is 0 Å². The molecule has 2 aromatic rings. The molecule has 0 aromatic heterocycles. The predicted molar refractivity (Wildman–Crippen MR) is 108 cm³/mol.